The molecule has 2 saturated heterocycles. The van der Waals surface area contributed by atoms with Crippen LogP contribution in [0.2, 0.25) is 0 Å². The van der Waals surface area contributed by atoms with E-state index in [0.717, 1.165) is 56.1 Å². The molecule has 0 saturated carbocycles. The first-order valence-electron chi connectivity index (χ1n) is 15.9. The first kappa shape index (κ1) is 32.1. The number of nitrogens with zero attached hydrogens (tertiary/aromatic N) is 5. The third kappa shape index (κ3) is 8.23. The molecule has 3 aromatic rings. The van der Waals surface area contributed by atoms with E-state index >= 15 is 0 Å². The first-order chi connectivity index (χ1) is 22.0. The molecule has 1 unspecified atom stereocenters. The highest BCUT2D eigenvalue weighted by atomic mass is 19.1. The van der Waals surface area contributed by atoms with Crippen LogP contribution in [0.1, 0.15) is 60.6 Å². The Hall–Kier alpha value is -4.34. The third-order valence-corrected chi connectivity index (χ3v) is 8.73. The molecule has 0 aliphatic carbocycles. The van der Waals surface area contributed by atoms with Crippen molar-refractivity contribution in [2.24, 2.45) is 4.99 Å². The molecule has 2 aliphatic rings. The maximum absolute atomic E-state index is 15.0. The van der Waals surface area contributed by atoms with Crippen LogP contribution in [0, 0.1) is 17.3 Å². The van der Waals surface area contributed by atoms with Gasteiger partial charge < -0.3 is 15.5 Å². The maximum Gasteiger partial charge on any atom is 0.272 e. The predicted octanol–water partition coefficient (Wildman–Crippen LogP) is 2.74. The molecule has 1 amide bonds. The van der Waals surface area contributed by atoms with E-state index in [2.05, 4.69) is 38.0 Å². The number of amides is 1. The summed E-state index contributed by atoms with van der Waals surface area (Å²) in [6.07, 6.45) is 7.39. The monoisotopic (exact) mass is 615 g/mol. The first-order valence-corrected chi connectivity index (χ1v) is 15.9. The lowest BCUT2D eigenvalue weighted by Gasteiger charge is -2.39. The van der Waals surface area contributed by atoms with Crippen LogP contribution in [-0.2, 0) is 6.42 Å². The van der Waals surface area contributed by atoms with Crippen molar-refractivity contribution in [1.29, 1.82) is 5.26 Å². The molecule has 3 heterocycles. The van der Waals surface area contributed by atoms with Crippen molar-refractivity contribution in [1.82, 2.24) is 35.9 Å². The highest BCUT2D eigenvalue weighted by molar-refractivity contribution is 5.95. The van der Waals surface area contributed by atoms with Crippen LogP contribution < -0.4 is 21.5 Å². The van der Waals surface area contributed by atoms with Gasteiger partial charge in [0.1, 0.15) is 5.82 Å². The summed E-state index contributed by atoms with van der Waals surface area (Å²) in [5, 5.41) is 26.8. The lowest BCUT2D eigenvalue weighted by molar-refractivity contribution is 0.0561. The Morgan fingerprint density at radius 2 is 1.91 bits per heavy atom. The number of guanidine groups is 1. The Labute approximate surface area is 262 Å². The molecule has 11 nitrogen and oxygen atoms in total. The number of halogens is 1. The van der Waals surface area contributed by atoms with Gasteiger partial charge in [0.05, 0.1) is 23.2 Å². The normalized spacial score (nSPS) is 17.2. The highest BCUT2D eigenvalue weighted by Gasteiger charge is 2.28. The fraction of sp³-hybridized carbons (Fsp3) is 0.485. The summed E-state index contributed by atoms with van der Waals surface area (Å²) < 4.78 is 15.0. The van der Waals surface area contributed by atoms with Crippen molar-refractivity contribution in [3.63, 3.8) is 0 Å². The van der Waals surface area contributed by atoms with Crippen molar-refractivity contribution in [3.05, 3.63) is 75.5 Å². The van der Waals surface area contributed by atoms with Gasteiger partial charge in [-0.1, -0.05) is 44.0 Å². The zero-order valence-corrected chi connectivity index (χ0v) is 25.8. The van der Waals surface area contributed by atoms with E-state index < -0.39 is 5.82 Å². The number of rotatable bonds is 10. The second-order valence-corrected chi connectivity index (χ2v) is 11.8. The maximum atomic E-state index is 15.0. The number of carbonyl (C=O) groups excluding carboxylic acids is 1. The van der Waals surface area contributed by atoms with Crippen molar-refractivity contribution < 1.29 is 9.18 Å². The van der Waals surface area contributed by atoms with Crippen LogP contribution >= 0.6 is 0 Å². The van der Waals surface area contributed by atoms with Gasteiger partial charge in [-0.3, -0.25) is 24.8 Å². The second kappa shape index (κ2) is 15.6. The number of aromatic amines is 1. The number of carbonyl (C=O) groups is 1. The second-order valence-electron chi connectivity index (χ2n) is 11.8. The van der Waals surface area contributed by atoms with Gasteiger partial charge in [0.2, 0.25) is 5.96 Å². The topological polar surface area (TPSA) is 142 Å². The summed E-state index contributed by atoms with van der Waals surface area (Å²) in [6.45, 7) is 6.88. The number of hydrogen-bond acceptors (Lipinski definition) is 7. The van der Waals surface area contributed by atoms with Gasteiger partial charge in [-0.2, -0.15) is 10.4 Å². The molecule has 4 N–H and O–H groups in total. The summed E-state index contributed by atoms with van der Waals surface area (Å²) in [4.78, 5) is 34.6. The van der Waals surface area contributed by atoms with Crippen molar-refractivity contribution >= 4 is 22.6 Å². The quantitative estimate of drug-likeness (QED) is 0.118. The van der Waals surface area contributed by atoms with E-state index in [1.807, 2.05) is 18.3 Å². The molecule has 0 radical (unpaired) electrons. The van der Waals surface area contributed by atoms with Gasteiger partial charge in [-0.25, -0.2) is 9.49 Å². The molecular formula is C33H42FN9O2. The molecule has 2 fully saturated rings. The van der Waals surface area contributed by atoms with Crippen LogP contribution in [0.4, 0.5) is 4.39 Å². The largest absolute Gasteiger partial charge is 0.353 e. The van der Waals surface area contributed by atoms with Crippen LogP contribution in [0.3, 0.4) is 0 Å². The number of nitriles is 1. The number of benzene rings is 2. The average molecular weight is 616 g/mol. The Morgan fingerprint density at radius 3 is 2.64 bits per heavy atom. The highest BCUT2D eigenvalue weighted by Crippen LogP contribution is 2.21. The average Bonchev–Trinajstić information content (AvgIpc) is 3.07. The summed E-state index contributed by atoms with van der Waals surface area (Å²) in [5.41, 5.74) is 1.17. The van der Waals surface area contributed by atoms with E-state index in [1.165, 1.54) is 6.07 Å². The molecule has 0 spiro atoms. The molecule has 1 atom stereocenters. The van der Waals surface area contributed by atoms with Crippen molar-refractivity contribution in [2.45, 2.75) is 57.5 Å². The van der Waals surface area contributed by atoms with Crippen molar-refractivity contribution in [3.8, 4) is 6.19 Å². The van der Waals surface area contributed by atoms with E-state index in [9.17, 15) is 19.2 Å². The number of nitrogens with one attached hydrogen (secondary N) is 4. The summed E-state index contributed by atoms with van der Waals surface area (Å²) in [6, 6.07) is 12.3. The lowest BCUT2D eigenvalue weighted by atomic mass is 10.0. The zero-order valence-electron chi connectivity index (χ0n) is 25.8. The van der Waals surface area contributed by atoms with Gasteiger partial charge in [0.15, 0.2) is 6.19 Å². The Morgan fingerprint density at radius 1 is 1.16 bits per heavy atom. The minimum atomic E-state index is -0.556. The number of hydrogen-bond donors (Lipinski definition) is 4. The summed E-state index contributed by atoms with van der Waals surface area (Å²) >= 11 is 0. The van der Waals surface area contributed by atoms with E-state index in [4.69, 9.17) is 4.99 Å². The molecule has 2 aromatic carbocycles. The molecule has 238 valence electrons. The van der Waals surface area contributed by atoms with Crippen LogP contribution in [-0.4, -0.2) is 89.8 Å². The van der Waals surface area contributed by atoms with Gasteiger partial charge in [-0.15, -0.1) is 0 Å². The van der Waals surface area contributed by atoms with Crippen LogP contribution in [0.15, 0.2) is 52.3 Å². The van der Waals surface area contributed by atoms with Crippen molar-refractivity contribution in [2.75, 3.05) is 45.8 Å². The SMILES string of the molecule is CCCCC(CN=C(NC#N)NC1CCNCC1)N1CCN(C(=O)c2cc(Cc3n[nH]c(=O)c4ccccc34)ccc2F)CC1. The fourth-order valence-corrected chi connectivity index (χ4v) is 6.17. The van der Waals surface area contributed by atoms with E-state index in [-0.39, 0.29) is 29.1 Å². The predicted molar refractivity (Wildman–Crippen MR) is 172 cm³/mol. The molecule has 45 heavy (non-hydrogen) atoms. The summed E-state index contributed by atoms with van der Waals surface area (Å²) in [7, 11) is 0. The Kier molecular flexibility index (Phi) is 11.1. The molecule has 1 aromatic heterocycles. The fourth-order valence-electron chi connectivity index (χ4n) is 6.17. The Balaban J connectivity index is 1.23. The molecule has 12 heteroatoms. The van der Waals surface area contributed by atoms with Gasteiger partial charge in [-0.05, 0) is 56.1 Å². The number of piperazine rings is 1. The Bertz CT molecular complexity index is 1590. The van der Waals surface area contributed by atoms with Crippen LogP contribution in [0.25, 0.3) is 10.8 Å². The number of piperidine rings is 1. The van der Waals surface area contributed by atoms with E-state index in [1.54, 1.807) is 29.2 Å². The number of fused-ring (bicyclic) bond motifs is 1. The minimum absolute atomic E-state index is 0.0398. The van der Waals surface area contributed by atoms with Gasteiger partial charge in [0, 0.05) is 50.1 Å². The minimum Gasteiger partial charge on any atom is -0.353 e. The molecule has 0 bridgehead atoms. The smallest absolute Gasteiger partial charge is 0.272 e. The van der Waals surface area contributed by atoms with Crippen LogP contribution in [0.5, 0.6) is 0 Å². The van der Waals surface area contributed by atoms with E-state index in [0.29, 0.717) is 56.2 Å². The number of aromatic nitrogens is 2. The molecule has 2 aliphatic heterocycles. The third-order valence-electron chi connectivity index (χ3n) is 8.73. The number of aliphatic imine (C=N–C) groups is 1. The lowest BCUT2D eigenvalue weighted by Crippen LogP contribution is -2.53. The number of unbranched alkanes of at least 4 members (excludes halogenated alkanes) is 1. The standard InChI is InChI=1S/C33H42FN9O2/c1-2-3-6-25(21-37-33(38-22-35)39-24-11-13-36-14-12-24)42-15-17-43(18-16-42)32(45)28-19-23(9-10-29(28)34)20-30-26-7-4-5-8-27(26)31(44)41-40-30/h4-5,7-10,19,24-25,36H,2-3,6,11-18,20-21H2,1H3,(H,41,44)(H2,37,38,39). The zero-order chi connectivity index (χ0) is 31.6. The molecular weight excluding hydrogens is 573 g/mol. The van der Waals surface area contributed by atoms with Gasteiger partial charge in [0.25, 0.3) is 11.5 Å². The molecule has 5 rings (SSSR count). The van der Waals surface area contributed by atoms with Gasteiger partial charge >= 0.3 is 0 Å². The number of H-pyrrole nitrogens is 1. The summed E-state index contributed by atoms with van der Waals surface area (Å²) in [5.74, 6) is -0.373.